The predicted molar refractivity (Wildman–Crippen MR) is 34.9 cm³/mol. The molecule has 3 nitrogen and oxygen atoms in total. The third kappa shape index (κ3) is 1.34. The molecule has 1 N–H and O–H groups in total. The lowest BCUT2D eigenvalue weighted by Gasteiger charge is -2.00. The molecule has 0 amide bonds. The molecule has 0 aliphatic rings. The summed E-state index contributed by atoms with van der Waals surface area (Å²) in [5.41, 5.74) is -1.37. The third-order valence-electron chi connectivity index (χ3n) is 1.22. The van der Waals surface area contributed by atoms with E-state index < -0.39 is 22.8 Å². The van der Waals surface area contributed by atoms with Gasteiger partial charge < -0.3 is 5.11 Å². The minimum absolute atomic E-state index is 0.428. The van der Waals surface area contributed by atoms with Crippen LogP contribution < -0.4 is 0 Å². The van der Waals surface area contributed by atoms with Crippen LogP contribution in [-0.4, -0.2) is 14.9 Å². The molecule has 0 bridgehead atoms. The van der Waals surface area contributed by atoms with E-state index in [0.29, 0.717) is 0 Å². The first kappa shape index (κ1) is 9.18. The quantitative estimate of drug-likeness (QED) is 0.694. The zero-order valence-electron chi connectivity index (χ0n) is 5.85. The maximum atomic E-state index is 11.9. The SMILES string of the molecule is Cn1nc(C(F)(F)F)c(O)c1Cl. The molecule has 0 aliphatic carbocycles. The Morgan fingerprint density at radius 1 is 1.50 bits per heavy atom. The van der Waals surface area contributed by atoms with E-state index in [9.17, 15) is 13.2 Å². The Morgan fingerprint density at radius 3 is 2.17 bits per heavy atom. The first-order valence-corrected chi connectivity index (χ1v) is 3.20. The van der Waals surface area contributed by atoms with E-state index >= 15 is 0 Å². The van der Waals surface area contributed by atoms with Gasteiger partial charge in [0.2, 0.25) is 5.69 Å². The van der Waals surface area contributed by atoms with Crippen LogP contribution in [0.3, 0.4) is 0 Å². The lowest BCUT2D eigenvalue weighted by molar-refractivity contribution is -0.142. The van der Waals surface area contributed by atoms with Crippen LogP contribution in [0.15, 0.2) is 0 Å². The van der Waals surface area contributed by atoms with Gasteiger partial charge in [-0.05, 0) is 0 Å². The second-order valence-electron chi connectivity index (χ2n) is 2.11. The van der Waals surface area contributed by atoms with Crippen molar-refractivity contribution in [1.82, 2.24) is 9.78 Å². The Labute approximate surface area is 70.4 Å². The number of aryl methyl sites for hydroxylation is 1. The molecule has 0 aromatic carbocycles. The fraction of sp³-hybridized carbons (Fsp3) is 0.400. The largest absolute Gasteiger partial charge is 0.503 e. The van der Waals surface area contributed by atoms with Crippen molar-refractivity contribution in [1.29, 1.82) is 0 Å². The van der Waals surface area contributed by atoms with Gasteiger partial charge in [-0.15, -0.1) is 0 Å². The molecule has 0 spiro atoms. The summed E-state index contributed by atoms with van der Waals surface area (Å²) in [4.78, 5) is 0. The minimum Gasteiger partial charge on any atom is -0.503 e. The summed E-state index contributed by atoms with van der Waals surface area (Å²) >= 11 is 5.25. The molecule has 0 unspecified atom stereocenters. The van der Waals surface area contributed by atoms with Crippen LogP contribution in [-0.2, 0) is 13.2 Å². The van der Waals surface area contributed by atoms with Crippen molar-refractivity contribution in [3.8, 4) is 5.75 Å². The summed E-state index contributed by atoms with van der Waals surface area (Å²) in [6.07, 6.45) is -4.67. The van der Waals surface area contributed by atoms with Crippen LogP contribution in [0.4, 0.5) is 13.2 Å². The molecule has 0 atom stereocenters. The fourth-order valence-electron chi connectivity index (χ4n) is 0.683. The normalized spacial score (nSPS) is 12.1. The first-order valence-electron chi connectivity index (χ1n) is 2.82. The molecule has 12 heavy (non-hydrogen) atoms. The molecular weight excluding hydrogens is 197 g/mol. The molecule has 0 radical (unpaired) electrons. The Morgan fingerprint density at radius 2 is 2.00 bits per heavy atom. The molecular formula is C5H4ClF3N2O. The maximum absolute atomic E-state index is 11.9. The molecule has 0 saturated heterocycles. The summed E-state index contributed by atoms with van der Waals surface area (Å²) in [6, 6.07) is 0. The van der Waals surface area contributed by atoms with Crippen molar-refractivity contribution in [2.75, 3.05) is 0 Å². The number of alkyl halides is 3. The smallest absolute Gasteiger partial charge is 0.438 e. The van der Waals surface area contributed by atoms with Gasteiger partial charge in [-0.2, -0.15) is 18.3 Å². The summed E-state index contributed by atoms with van der Waals surface area (Å²) in [5.74, 6) is -1.04. The summed E-state index contributed by atoms with van der Waals surface area (Å²) in [7, 11) is 1.21. The van der Waals surface area contributed by atoms with Gasteiger partial charge in [0.05, 0.1) is 0 Å². The highest BCUT2D eigenvalue weighted by Crippen LogP contribution is 2.38. The van der Waals surface area contributed by atoms with Gasteiger partial charge in [0, 0.05) is 7.05 Å². The van der Waals surface area contributed by atoms with Crippen LogP contribution in [0.5, 0.6) is 5.75 Å². The average molecular weight is 201 g/mol. The van der Waals surface area contributed by atoms with E-state index in [4.69, 9.17) is 16.7 Å². The van der Waals surface area contributed by atoms with Gasteiger partial charge >= 0.3 is 6.18 Å². The van der Waals surface area contributed by atoms with Crippen molar-refractivity contribution in [3.05, 3.63) is 10.8 Å². The monoisotopic (exact) mass is 200 g/mol. The highest BCUT2D eigenvalue weighted by molar-refractivity contribution is 6.31. The molecule has 68 valence electrons. The number of nitrogens with zero attached hydrogens (tertiary/aromatic N) is 2. The van der Waals surface area contributed by atoms with E-state index in [-0.39, 0.29) is 0 Å². The molecule has 7 heteroatoms. The van der Waals surface area contributed by atoms with E-state index in [1.165, 1.54) is 7.05 Å². The van der Waals surface area contributed by atoms with Crippen molar-refractivity contribution >= 4 is 11.6 Å². The van der Waals surface area contributed by atoms with Crippen molar-refractivity contribution in [2.45, 2.75) is 6.18 Å². The Kier molecular flexibility index (Phi) is 1.95. The average Bonchev–Trinajstić information content (AvgIpc) is 2.15. The number of hydrogen-bond donors (Lipinski definition) is 1. The van der Waals surface area contributed by atoms with Crippen LogP contribution in [0.1, 0.15) is 5.69 Å². The Hall–Kier alpha value is -0.910. The van der Waals surface area contributed by atoms with Crippen LogP contribution in [0.25, 0.3) is 0 Å². The molecule has 1 heterocycles. The summed E-state index contributed by atoms with van der Waals surface area (Å²) in [6.45, 7) is 0. The number of rotatable bonds is 0. The molecule has 0 saturated carbocycles. The summed E-state index contributed by atoms with van der Waals surface area (Å²) in [5, 5.41) is 11.4. The maximum Gasteiger partial charge on any atom is 0.438 e. The fourth-order valence-corrected chi connectivity index (χ4v) is 0.810. The van der Waals surface area contributed by atoms with Crippen molar-refractivity contribution in [3.63, 3.8) is 0 Å². The van der Waals surface area contributed by atoms with Crippen LogP contribution in [0, 0.1) is 0 Å². The van der Waals surface area contributed by atoms with Gasteiger partial charge in [-0.3, -0.25) is 4.68 Å². The highest BCUT2D eigenvalue weighted by atomic mass is 35.5. The molecule has 0 fully saturated rings. The zero-order valence-corrected chi connectivity index (χ0v) is 6.61. The zero-order chi connectivity index (χ0) is 9.52. The number of aromatic nitrogens is 2. The lowest BCUT2D eigenvalue weighted by atomic mass is 10.4. The second-order valence-corrected chi connectivity index (χ2v) is 2.47. The first-order chi connectivity index (χ1) is 5.34. The van der Waals surface area contributed by atoms with E-state index in [1.807, 2.05) is 0 Å². The molecule has 1 aromatic rings. The predicted octanol–water partition coefficient (Wildman–Crippen LogP) is 1.80. The van der Waals surface area contributed by atoms with Gasteiger partial charge in [-0.1, -0.05) is 11.6 Å². The van der Waals surface area contributed by atoms with E-state index in [2.05, 4.69) is 5.10 Å². The molecule has 1 aromatic heterocycles. The standard InChI is InChI=1S/C5H4ClF3N2O/c1-11-4(6)2(12)3(10-11)5(7,8)9/h12H,1H3. The van der Waals surface area contributed by atoms with Crippen molar-refractivity contribution in [2.24, 2.45) is 7.05 Å². The molecule has 1 rings (SSSR count). The lowest BCUT2D eigenvalue weighted by Crippen LogP contribution is -2.06. The number of hydrogen-bond acceptors (Lipinski definition) is 2. The van der Waals surface area contributed by atoms with Crippen LogP contribution in [0.2, 0.25) is 5.15 Å². The molecule has 0 aliphatic heterocycles. The minimum atomic E-state index is -4.67. The number of halogens is 4. The van der Waals surface area contributed by atoms with Crippen LogP contribution >= 0.6 is 11.6 Å². The van der Waals surface area contributed by atoms with E-state index in [0.717, 1.165) is 4.68 Å². The van der Waals surface area contributed by atoms with Gasteiger partial charge in [0.15, 0.2) is 10.9 Å². The summed E-state index contributed by atoms with van der Waals surface area (Å²) < 4.78 is 36.6. The van der Waals surface area contributed by atoms with E-state index in [1.54, 1.807) is 0 Å². The Balaban J connectivity index is 3.28. The Bertz CT molecular complexity index is 306. The second kappa shape index (κ2) is 2.55. The topological polar surface area (TPSA) is 38.0 Å². The van der Waals surface area contributed by atoms with Crippen molar-refractivity contribution < 1.29 is 18.3 Å². The van der Waals surface area contributed by atoms with Gasteiger partial charge in [0.1, 0.15) is 0 Å². The highest BCUT2D eigenvalue weighted by Gasteiger charge is 2.39. The third-order valence-corrected chi connectivity index (χ3v) is 1.65. The van der Waals surface area contributed by atoms with Gasteiger partial charge in [0.25, 0.3) is 0 Å². The van der Waals surface area contributed by atoms with Gasteiger partial charge in [-0.25, -0.2) is 0 Å². The number of aromatic hydroxyl groups is 1.